The number of morpholine rings is 1. The van der Waals surface area contributed by atoms with Crippen LogP contribution in [0.3, 0.4) is 0 Å². The average molecular weight is 420 g/mol. The van der Waals surface area contributed by atoms with Gasteiger partial charge in [-0.3, -0.25) is 14.6 Å². The molecule has 30 heavy (non-hydrogen) atoms. The molecule has 2 heterocycles. The lowest BCUT2D eigenvalue weighted by atomic mass is 9.94. The third kappa shape index (κ3) is 5.86. The molecule has 0 bridgehead atoms. The van der Waals surface area contributed by atoms with Crippen LogP contribution in [0.25, 0.3) is 0 Å². The summed E-state index contributed by atoms with van der Waals surface area (Å²) in [6.07, 6.45) is 2.87. The van der Waals surface area contributed by atoms with Gasteiger partial charge in [-0.25, -0.2) is 0 Å². The molecular formula is C23H37N3O4. The molecule has 0 saturated carbocycles. The van der Waals surface area contributed by atoms with Crippen molar-refractivity contribution in [2.75, 3.05) is 52.3 Å². The predicted octanol–water partition coefficient (Wildman–Crippen LogP) is 2.85. The van der Waals surface area contributed by atoms with Crippen LogP contribution < -0.4 is 14.8 Å². The number of rotatable bonds is 7. The number of likely N-dealkylation sites (tertiary alicyclic amines) is 1. The molecule has 2 aliphatic heterocycles. The number of carbonyl (C=O) groups is 1. The van der Waals surface area contributed by atoms with Crippen LogP contribution in [0, 0.1) is 5.92 Å². The van der Waals surface area contributed by atoms with E-state index in [9.17, 15) is 4.79 Å². The molecule has 168 valence electrons. The number of hydrogen-bond acceptors (Lipinski definition) is 6. The second-order valence-electron chi connectivity index (χ2n) is 8.69. The number of amides is 1. The number of nitrogens with one attached hydrogen (secondary N) is 1. The number of anilines is 1. The number of benzene rings is 1. The van der Waals surface area contributed by atoms with Crippen LogP contribution in [0.15, 0.2) is 18.2 Å². The Morgan fingerprint density at radius 1 is 1.17 bits per heavy atom. The first-order valence-corrected chi connectivity index (χ1v) is 11.0. The lowest BCUT2D eigenvalue weighted by molar-refractivity contribution is -0.121. The van der Waals surface area contributed by atoms with Crippen molar-refractivity contribution in [1.82, 2.24) is 9.80 Å². The molecule has 3 unspecified atom stereocenters. The third-order valence-corrected chi connectivity index (χ3v) is 6.25. The zero-order chi connectivity index (χ0) is 21.7. The van der Waals surface area contributed by atoms with Crippen LogP contribution in [-0.2, 0) is 9.53 Å². The van der Waals surface area contributed by atoms with Crippen molar-refractivity contribution in [3.8, 4) is 11.5 Å². The quantitative estimate of drug-likeness (QED) is 0.733. The first-order valence-electron chi connectivity index (χ1n) is 11.0. The van der Waals surface area contributed by atoms with Gasteiger partial charge >= 0.3 is 0 Å². The average Bonchev–Trinajstić information content (AvgIpc) is 2.73. The van der Waals surface area contributed by atoms with Gasteiger partial charge in [0.25, 0.3) is 0 Å². The van der Waals surface area contributed by atoms with Crippen LogP contribution in [-0.4, -0.2) is 80.9 Å². The van der Waals surface area contributed by atoms with Crippen LogP contribution in [0.1, 0.15) is 33.6 Å². The van der Waals surface area contributed by atoms with Crippen molar-refractivity contribution in [3.05, 3.63) is 18.2 Å². The largest absolute Gasteiger partial charge is 0.497 e. The number of ether oxygens (including phenoxy) is 3. The van der Waals surface area contributed by atoms with E-state index in [0.717, 1.165) is 45.6 Å². The van der Waals surface area contributed by atoms with Crippen molar-refractivity contribution >= 4 is 11.6 Å². The van der Waals surface area contributed by atoms with Crippen molar-refractivity contribution in [3.63, 3.8) is 0 Å². The minimum atomic E-state index is -0.190. The number of piperidine rings is 1. The minimum Gasteiger partial charge on any atom is -0.497 e. The van der Waals surface area contributed by atoms with Crippen molar-refractivity contribution in [1.29, 1.82) is 0 Å². The molecule has 0 aromatic heterocycles. The fourth-order valence-electron chi connectivity index (χ4n) is 4.64. The lowest BCUT2D eigenvalue weighted by Crippen LogP contribution is -2.50. The predicted molar refractivity (Wildman–Crippen MR) is 118 cm³/mol. The van der Waals surface area contributed by atoms with E-state index in [2.05, 4.69) is 29.0 Å². The smallest absolute Gasteiger partial charge is 0.241 e. The van der Waals surface area contributed by atoms with Gasteiger partial charge in [-0.2, -0.15) is 0 Å². The third-order valence-electron chi connectivity index (χ3n) is 6.25. The molecule has 7 nitrogen and oxygen atoms in total. The Hall–Kier alpha value is -1.83. The summed E-state index contributed by atoms with van der Waals surface area (Å²) in [5, 5.41) is 3.01. The fraction of sp³-hybridized carbons (Fsp3) is 0.696. The summed E-state index contributed by atoms with van der Waals surface area (Å²) in [5.41, 5.74) is 0.638. The minimum absolute atomic E-state index is 0.0177. The Morgan fingerprint density at radius 3 is 2.43 bits per heavy atom. The second-order valence-corrected chi connectivity index (χ2v) is 8.69. The molecule has 0 radical (unpaired) electrons. The van der Waals surface area contributed by atoms with Gasteiger partial charge in [0.15, 0.2) is 0 Å². The van der Waals surface area contributed by atoms with Crippen molar-refractivity contribution in [2.24, 2.45) is 5.92 Å². The van der Waals surface area contributed by atoms with Crippen LogP contribution >= 0.6 is 0 Å². The molecule has 2 aliphatic rings. The fourth-order valence-corrected chi connectivity index (χ4v) is 4.64. The normalized spacial score (nSPS) is 25.0. The summed E-state index contributed by atoms with van der Waals surface area (Å²) in [7, 11) is 3.21. The van der Waals surface area contributed by atoms with Gasteiger partial charge in [0.05, 0.1) is 38.2 Å². The molecule has 2 saturated heterocycles. The van der Waals surface area contributed by atoms with Crippen LogP contribution in [0.4, 0.5) is 5.69 Å². The maximum atomic E-state index is 12.9. The van der Waals surface area contributed by atoms with Gasteiger partial charge in [0, 0.05) is 25.7 Å². The lowest BCUT2D eigenvalue weighted by Gasteiger charge is -2.40. The number of methoxy groups -OCH3 is 2. The zero-order valence-electron chi connectivity index (χ0n) is 19.0. The molecule has 3 rings (SSSR count). The monoisotopic (exact) mass is 419 g/mol. The van der Waals surface area contributed by atoms with E-state index in [4.69, 9.17) is 14.2 Å². The highest BCUT2D eigenvalue weighted by Crippen LogP contribution is 2.29. The summed E-state index contributed by atoms with van der Waals surface area (Å²) in [6, 6.07) is 5.22. The van der Waals surface area contributed by atoms with E-state index in [1.54, 1.807) is 26.4 Å². The molecular weight excluding hydrogens is 382 g/mol. The summed E-state index contributed by atoms with van der Waals surface area (Å²) >= 11 is 0. The molecule has 1 aromatic carbocycles. The topological polar surface area (TPSA) is 63.3 Å². The molecule has 7 heteroatoms. The summed E-state index contributed by atoms with van der Waals surface area (Å²) < 4.78 is 16.5. The Kier molecular flexibility index (Phi) is 7.97. The maximum Gasteiger partial charge on any atom is 0.241 e. The van der Waals surface area contributed by atoms with E-state index in [-0.39, 0.29) is 11.9 Å². The van der Waals surface area contributed by atoms with E-state index in [1.165, 1.54) is 0 Å². The van der Waals surface area contributed by atoms with Gasteiger partial charge in [0.1, 0.15) is 11.5 Å². The van der Waals surface area contributed by atoms with Gasteiger partial charge in [-0.15, -0.1) is 0 Å². The van der Waals surface area contributed by atoms with E-state index >= 15 is 0 Å². The first kappa shape index (κ1) is 22.8. The van der Waals surface area contributed by atoms with E-state index < -0.39 is 0 Å². The number of carbonyl (C=O) groups excluding carboxylic acids is 1. The highest BCUT2D eigenvalue weighted by Gasteiger charge is 2.30. The van der Waals surface area contributed by atoms with Gasteiger partial charge in [-0.1, -0.05) is 0 Å². The first-order chi connectivity index (χ1) is 14.4. The maximum absolute atomic E-state index is 12.9. The molecule has 0 spiro atoms. The summed E-state index contributed by atoms with van der Waals surface area (Å²) in [6.45, 7) is 11.4. The van der Waals surface area contributed by atoms with E-state index in [1.807, 2.05) is 13.0 Å². The zero-order valence-corrected chi connectivity index (χ0v) is 19.0. The standard InChI is InChI=1S/C23H37N3O4/c1-16-13-25(14-17(2)30-16)15-19-8-10-26(11-9-19)18(3)23(27)24-21-12-20(28-4)6-7-22(21)29-5/h6-7,12,16-19H,8-11,13-15H2,1-5H3,(H,24,27). The summed E-state index contributed by atoms with van der Waals surface area (Å²) in [4.78, 5) is 17.7. The molecule has 3 atom stereocenters. The highest BCUT2D eigenvalue weighted by atomic mass is 16.5. The SMILES string of the molecule is COc1ccc(OC)c(NC(=O)C(C)N2CCC(CN3CC(C)OC(C)C3)CC2)c1. The second kappa shape index (κ2) is 10.5. The van der Waals surface area contributed by atoms with Crippen molar-refractivity contribution in [2.45, 2.75) is 51.9 Å². The van der Waals surface area contributed by atoms with E-state index in [0.29, 0.717) is 35.3 Å². The highest BCUT2D eigenvalue weighted by molar-refractivity contribution is 5.96. The van der Waals surface area contributed by atoms with Gasteiger partial charge < -0.3 is 19.5 Å². The van der Waals surface area contributed by atoms with Crippen LogP contribution in [0.5, 0.6) is 11.5 Å². The molecule has 1 aromatic rings. The van der Waals surface area contributed by atoms with Crippen molar-refractivity contribution < 1.29 is 19.0 Å². The summed E-state index contributed by atoms with van der Waals surface area (Å²) in [5.74, 6) is 1.98. The Morgan fingerprint density at radius 2 is 1.83 bits per heavy atom. The Bertz CT molecular complexity index is 696. The molecule has 0 aliphatic carbocycles. The van der Waals surface area contributed by atoms with Gasteiger partial charge in [-0.05, 0) is 64.8 Å². The Labute approximate surface area is 180 Å². The van der Waals surface area contributed by atoms with Gasteiger partial charge in [0.2, 0.25) is 5.91 Å². The molecule has 1 amide bonds. The number of hydrogen-bond donors (Lipinski definition) is 1. The molecule has 2 fully saturated rings. The Balaban J connectivity index is 1.50. The molecule has 1 N–H and O–H groups in total. The number of nitrogens with zero attached hydrogens (tertiary/aromatic N) is 2. The van der Waals surface area contributed by atoms with Crippen LogP contribution in [0.2, 0.25) is 0 Å².